The highest BCUT2D eigenvalue weighted by molar-refractivity contribution is 7.16. The highest BCUT2D eigenvalue weighted by Crippen LogP contribution is 2.22. The monoisotopic (exact) mass is 507 g/mol. The van der Waals surface area contributed by atoms with Crippen molar-refractivity contribution in [3.63, 3.8) is 0 Å². The van der Waals surface area contributed by atoms with E-state index in [0.717, 1.165) is 10.2 Å². The van der Waals surface area contributed by atoms with Crippen molar-refractivity contribution in [1.29, 1.82) is 0 Å². The third-order valence-electron chi connectivity index (χ3n) is 4.98. The number of carbonyl (C=O) groups excluding carboxylic acids is 2. The Balaban J connectivity index is 1.47. The summed E-state index contributed by atoms with van der Waals surface area (Å²) in [6, 6.07) is 15.8. The molecule has 0 saturated heterocycles. The van der Waals surface area contributed by atoms with E-state index in [2.05, 4.69) is 15.6 Å². The van der Waals surface area contributed by atoms with E-state index < -0.39 is 17.8 Å². The fourth-order valence-electron chi connectivity index (χ4n) is 3.26. The number of halogens is 1. The summed E-state index contributed by atoms with van der Waals surface area (Å²) in [4.78, 5) is 41.1. The molecular weight excluding hydrogens is 490 g/mol. The maximum Gasteiger partial charge on any atom is 0.352 e. The number of carboxylic acids is 1. The zero-order chi connectivity index (χ0) is 24.9. The molecule has 0 spiro atoms. The lowest BCUT2D eigenvalue weighted by Gasteiger charge is -2.10. The van der Waals surface area contributed by atoms with Gasteiger partial charge < -0.3 is 20.8 Å². The number of amides is 2. The zero-order valence-electron chi connectivity index (χ0n) is 18.0. The van der Waals surface area contributed by atoms with Gasteiger partial charge >= 0.3 is 5.97 Å². The number of rotatable bonds is 7. The first-order chi connectivity index (χ1) is 16.8. The summed E-state index contributed by atoms with van der Waals surface area (Å²) in [5.41, 5.74) is 3.69. The van der Waals surface area contributed by atoms with Gasteiger partial charge in [0.15, 0.2) is 0 Å². The first-order valence-electron chi connectivity index (χ1n) is 10.3. The second kappa shape index (κ2) is 10.4. The van der Waals surface area contributed by atoms with Crippen LogP contribution in [0.3, 0.4) is 0 Å². The van der Waals surface area contributed by atoms with Crippen LogP contribution in [-0.4, -0.2) is 33.0 Å². The van der Waals surface area contributed by atoms with Crippen molar-refractivity contribution in [1.82, 2.24) is 15.6 Å². The zero-order valence-corrected chi connectivity index (χ0v) is 19.6. The number of thiazole rings is 1. The lowest BCUT2D eigenvalue weighted by Crippen LogP contribution is -2.28. The normalized spacial score (nSPS) is 11.3. The predicted octanol–water partition coefficient (Wildman–Crippen LogP) is 4.44. The van der Waals surface area contributed by atoms with E-state index in [1.807, 2.05) is 0 Å². The molecule has 10 heteroatoms. The van der Waals surface area contributed by atoms with Crippen LogP contribution in [0.5, 0.6) is 5.75 Å². The number of benzene rings is 3. The number of hydrogen-bond acceptors (Lipinski definition) is 6. The molecule has 1 heterocycles. The molecule has 0 saturated carbocycles. The van der Waals surface area contributed by atoms with Gasteiger partial charge in [0, 0.05) is 12.1 Å². The number of phenolic OH excluding ortho intramolecular Hbond substituents is 1. The SMILES string of the molecule is O=C(O)/C(=C/c1ccc2ncsc2c1)NC(=O)c1ccc(C(=O)NCc2cccc(O)c2)cc1Cl. The quantitative estimate of drug-likeness (QED) is 0.274. The molecule has 2 amide bonds. The van der Waals surface area contributed by atoms with E-state index in [1.54, 1.807) is 35.8 Å². The van der Waals surface area contributed by atoms with Crippen LogP contribution in [0.2, 0.25) is 5.02 Å². The fraction of sp³-hybridized carbons (Fsp3) is 0.0400. The topological polar surface area (TPSA) is 129 Å². The summed E-state index contributed by atoms with van der Waals surface area (Å²) in [5, 5.41) is 24.1. The second-order valence-corrected chi connectivity index (χ2v) is 8.74. The number of phenols is 1. The Morgan fingerprint density at radius 2 is 1.86 bits per heavy atom. The van der Waals surface area contributed by atoms with E-state index in [-0.39, 0.29) is 34.1 Å². The molecule has 176 valence electrons. The number of carbonyl (C=O) groups is 3. The van der Waals surface area contributed by atoms with Crippen LogP contribution in [-0.2, 0) is 11.3 Å². The smallest absolute Gasteiger partial charge is 0.352 e. The molecule has 4 N–H and O–H groups in total. The van der Waals surface area contributed by atoms with Gasteiger partial charge in [0.1, 0.15) is 11.4 Å². The maximum atomic E-state index is 12.7. The van der Waals surface area contributed by atoms with Crippen molar-refractivity contribution in [2.24, 2.45) is 0 Å². The van der Waals surface area contributed by atoms with Gasteiger partial charge in [-0.15, -0.1) is 11.3 Å². The Bertz CT molecular complexity index is 1480. The maximum absolute atomic E-state index is 12.7. The molecule has 0 aliphatic heterocycles. The van der Waals surface area contributed by atoms with Gasteiger partial charge in [-0.1, -0.05) is 29.8 Å². The molecule has 1 aromatic heterocycles. The summed E-state index contributed by atoms with van der Waals surface area (Å²) < 4.78 is 0.885. The van der Waals surface area contributed by atoms with Crippen molar-refractivity contribution >= 4 is 57.0 Å². The molecule has 3 aromatic carbocycles. The van der Waals surface area contributed by atoms with E-state index in [9.17, 15) is 24.6 Å². The van der Waals surface area contributed by atoms with Crippen molar-refractivity contribution < 1.29 is 24.6 Å². The minimum atomic E-state index is -1.32. The number of fused-ring (bicyclic) bond motifs is 1. The van der Waals surface area contributed by atoms with Crippen LogP contribution in [0.4, 0.5) is 0 Å². The van der Waals surface area contributed by atoms with Gasteiger partial charge in [0.2, 0.25) is 0 Å². The Morgan fingerprint density at radius 1 is 1.03 bits per heavy atom. The van der Waals surface area contributed by atoms with E-state index in [1.165, 1.54) is 47.7 Å². The van der Waals surface area contributed by atoms with Crippen LogP contribution >= 0.6 is 22.9 Å². The highest BCUT2D eigenvalue weighted by atomic mass is 35.5. The van der Waals surface area contributed by atoms with E-state index in [0.29, 0.717) is 11.1 Å². The molecule has 0 atom stereocenters. The van der Waals surface area contributed by atoms with Crippen molar-refractivity contribution in [3.05, 3.63) is 99.1 Å². The first-order valence-corrected chi connectivity index (χ1v) is 11.5. The second-order valence-electron chi connectivity index (χ2n) is 7.44. The molecule has 0 radical (unpaired) electrons. The van der Waals surface area contributed by atoms with Gasteiger partial charge in [-0.25, -0.2) is 9.78 Å². The average Bonchev–Trinajstić information content (AvgIpc) is 3.30. The Hall–Kier alpha value is -4.21. The number of carboxylic acid groups (broad SMARTS) is 1. The highest BCUT2D eigenvalue weighted by Gasteiger charge is 2.18. The molecular formula is C25H18ClN3O5S. The molecule has 4 aromatic rings. The van der Waals surface area contributed by atoms with Crippen molar-refractivity contribution in [3.8, 4) is 5.75 Å². The Labute approximate surface area is 208 Å². The molecule has 0 unspecified atom stereocenters. The van der Waals surface area contributed by atoms with Crippen molar-refractivity contribution in [2.45, 2.75) is 6.54 Å². The summed E-state index contributed by atoms with van der Waals surface area (Å²) >= 11 is 7.66. The largest absolute Gasteiger partial charge is 0.508 e. The first kappa shape index (κ1) is 23.9. The Kier molecular flexibility index (Phi) is 7.09. The van der Waals surface area contributed by atoms with Gasteiger partial charge in [0.25, 0.3) is 11.8 Å². The Morgan fingerprint density at radius 3 is 2.60 bits per heavy atom. The number of aromatic nitrogens is 1. The molecule has 35 heavy (non-hydrogen) atoms. The summed E-state index contributed by atoms with van der Waals surface area (Å²) in [6.45, 7) is 0.188. The van der Waals surface area contributed by atoms with Gasteiger partial charge in [-0.05, 0) is 59.7 Å². The summed E-state index contributed by atoms with van der Waals surface area (Å²) in [7, 11) is 0. The van der Waals surface area contributed by atoms with Crippen molar-refractivity contribution in [2.75, 3.05) is 0 Å². The molecule has 0 aliphatic rings. The van der Waals surface area contributed by atoms with Crippen LogP contribution in [0.1, 0.15) is 31.8 Å². The lowest BCUT2D eigenvalue weighted by molar-refractivity contribution is -0.132. The van der Waals surface area contributed by atoms with E-state index in [4.69, 9.17) is 11.6 Å². The molecule has 4 rings (SSSR count). The number of aliphatic carboxylic acids is 1. The predicted molar refractivity (Wildman–Crippen MR) is 133 cm³/mol. The summed E-state index contributed by atoms with van der Waals surface area (Å²) in [5.74, 6) is -2.38. The molecule has 0 fully saturated rings. The number of hydrogen-bond donors (Lipinski definition) is 4. The van der Waals surface area contributed by atoms with Crippen LogP contribution in [0.15, 0.2) is 71.9 Å². The van der Waals surface area contributed by atoms with Gasteiger partial charge in [-0.2, -0.15) is 0 Å². The van der Waals surface area contributed by atoms with Crippen LogP contribution in [0.25, 0.3) is 16.3 Å². The van der Waals surface area contributed by atoms with E-state index >= 15 is 0 Å². The average molecular weight is 508 g/mol. The van der Waals surface area contributed by atoms with Gasteiger partial charge in [0.05, 0.1) is 26.3 Å². The van der Waals surface area contributed by atoms with Gasteiger partial charge in [-0.3, -0.25) is 9.59 Å². The third kappa shape index (κ3) is 5.84. The number of nitrogens with zero attached hydrogens (tertiary/aromatic N) is 1. The lowest BCUT2D eigenvalue weighted by atomic mass is 10.1. The number of aromatic hydroxyl groups is 1. The molecule has 8 nitrogen and oxygen atoms in total. The van der Waals surface area contributed by atoms with Crippen LogP contribution in [0, 0.1) is 0 Å². The minimum absolute atomic E-state index is 0.0108. The summed E-state index contributed by atoms with van der Waals surface area (Å²) in [6.07, 6.45) is 1.34. The van der Waals surface area contributed by atoms with Crippen LogP contribution < -0.4 is 10.6 Å². The fourth-order valence-corrected chi connectivity index (χ4v) is 4.25. The minimum Gasteiger partial charge on any atom is -0.508 e. The molecule has 0 aliphatic carbocycles. The standard InChI is InChI=1S/C25H18ClN3O5S/c26-19-11-16(23(31)27-12-15-2-1-3-17(30)8-15)5-6-18(19)24(32)29-21(25(33)34)9-14-4-7-20-22(10-14)35-13-28-20/h1-11,13,30H,12H2,(H,27,31)(H,29,32)(H,33,34)/b21-9-. The molecule has 0 bridgehead atoms. The number of nitrogens with one attached hydrogen (secondary N) is 2. The third-order valence-corrected chi connectivity index (χ3v) is 6.09.